The summed E-state index contributed by atoms with van der Waals surface area (Å²) < 4.78 is 12.9. The van der Waals surface area contributed by atoms with Crippen LogP contribution in [0.15, 0.2) is 42.5 Å². The van der Waals surface area contributed by atoms with Crippen LogP contribution < -0.4 is 21.5 Å². The molecule has 1 aliphatic heterocycles. The first-order valence-corrected chi connectivity index (χ1v) is 7.91. The first-order chi connectivity index (χ1) is 11.5. The molecule has 1 fully saturated rings. The van der Waals surface area contributed by atoms with Crippen LogP contribution in [0.4, 0.5) is 10.1 Å². The molecule has 1 heterocycles. The molecule has 1 saturated heterocycles. The monoisotopic (exact) mass is 328 g/mol. The van der Waals surface area contributed by atoms with Gasteiger partial charge in [-0.25, -0.2) is 15.2 Å². The highest BCUT2D eigenvalue weighted by Gasteiger charge is 2.27. The fourth-order valence-electron chi connectivity index (χ4n) is 2.65. The fourth-order valence-corrected chi connectivity index (χ4v) is 2.65. The summed E-state index contributed by atoms with van der Waals surface area (Å²) in [5, 5.41) is 6.15. The maximum Gasteiger partial charge on any atom is 0.241 e. The topological polar surface area (TPSA) is 65.2 Å². The summed E-state index contributed by atoms with van der Waals surface area (Å²) in [6.45, 7) is 4.03. The lowest BCUT2D eigenvalue weighted by Gasteiger charge is -2.32. The van der Waals surface area contributed by atoms with Crippen LogP contribution in [-0.4, -0.2) is 18.2 Å². The fraction of sp³-hybridized carbons (Fsp3) is 0.278. The van der Waals surface area contributed by atoms with E-state index in [1.54, 1.807) is 12.1 Å². The maximum atomic E-state index is 12.9. The van der Waals surface area contributed by atoms with Crippen molar-refractivity contribution in [2.75, 3.05) is 5.32 Å². The van der Waals surface area contributed by atoms with Crippen molar-refractivity contribution in [1.82, 2.24) is 16.2 Å². The first kappa shape index (κ1) is 16.4. The number of amides is 1. The number of carbonyl (C=O) groups is 1. The smallest absolute Gasteiger partial charge is 0.241 e. The van der Waals surface area contributed by atoms with Crippen LogP contribution in [-0.2, 0) is 11.2 Å². The molecule has 2 aromatic rings. The van der Waals surface area contributed by atoms with Gasteiger partial charge in [-0.1, -0.05) is 24.3 Å². The van der Waals surface area contributed by atoms with E-state index in [2.05, 4.69) is 21.5 Å². The SMILES string of the molecule is Cc1ccc(C)c(NC2NNC(Cc3ccc(F)cc3)C(=O)N2)c1. The Kier molecular flexibility index (Phi) is 4.78. The van der Waals surface area contributed by atoms with Crippen LogP contribution in [0.5, 0.6) is 0 Å². The summed E-state index contributed by atoms with van der Waals surface area (Å²) in [5.74, 6) is -0.392. The molecule has 0 aliphatic carbocycles. The minimum Gasteiger partial charge on any atom is -0.352 e. The van der Waals surface area contributed by atoms with Gasteiger partial charge in [0, 0.05) is 5.69 Å². The van der Waals surface area contributed by atoms with Crippen molar-refractivity contribution in [3.8, 4) is 0 Å². The van der Waals surface area contributed by atoms with Gasteiger partial charge in [-0.05, 0) is 55.2 Å². The van der Waals surface area contributed by atoms with Crippen LogP contribution in [0.3, 0.4) is 0 Å². The third-order valence-electron chi connectivity index (χ3n) is 4.05. The molecule has 0 spiro atoms. The average molecular weight is 328 g/mol. The molecular weight excluding hydrogens is 307 g/mol. The minimum absolute atomic E-state index is 0.110. The largest absolute Gasteiger partial charge is 0.352 e. The number of hydrogen-bond donors (Lipinski definition) is 4. The number of rotatable bonds is 4. The molecule has 0 bridgehead atoms. The van der Waals surface area contributed by atoms with Crippen molar-refractivity contribution in [3.63, 3.8) is 0 Å². The highest BCUT2D eigenvalue weighted by molar-refractivity contribution is 5.83. The number of carbonyl (C=O) groups excluding carboxylic acids is 1. The average Bonchev–Trinajstić information content (AvgIpc) is 2.55. The van der Waals surface area contributed by atoms with E-state index >= 15 is 0 Å². The van der Waals surface area contributed by atoms with Gasteiger partial charge in [0.1, 0.15) is 11.9 Å². The van der Waals surface area contributed by atoms with Gasteiger partial charge < -0.3 is 10.6 Å². The summed E-state index contributed by atoms with van der Waals surface area (Å²) in [6.07, 6.45) is 0.0810. The zero-order chi connectivity index (χ0) is 17.1. The Bertz CT molecular complexity index is 732. The van der Waals surface area contributed by atoms with Gasteiger partial charge in [-0.2, -0.15) is 0 Å². The number of nitrogens with one attached hydrogen (secondary N) is 4. The first-order valence-electron chi connectivity index (χ1n) is 7.91. The van der Waals surface area contributed by atoms with E-state index in [1.807, 2.05) is 32.0 Å². The number of hydrazine groups is 1. The van der Waals surface area contributed by atoms with Crippen LogP contribution in [0.1, 0.15) is 16.7 Å². The lowest BCUT2D eigenvalue weighted by molar-refractivity contribution is -0.126. The molecule has 0 saturated carbocycles. The highest BCUT2D eigenvalue weighted by Crippen LogP contribution is 2.17. The standard InChI is InChI=1S/C18H21FN4O/c1-11-3-4-12(2)15(9-11)20-18-21-17(24)16(22-23-18)10-13-5-7-14(19)8-6-13/h3-9,16,18,20,22-23H,10H2,1-2H3,(H,21,24). The van der Waals surface area contributed by atoms with Crippen LogP contribution in [0, 0.1) is 19.7 Å². The Labute approximate surface area is 140 Å². The zero-order valence-corrected chi connectivity index (χ0v) is 13.7. The van der Waals surface area contributed by atoms with Crippen LogP contribution in [0.2, 0.25) is 0 Å². The van der Waals surface area contributed by atoms with Gasteiger partial charge >= 0.3 is 0 Å². The Balaban J connectivity index is 1.59. The molecular formula is C18H21FN4O. The molecule has 3 rings (SSSR count). The third-order valence-corrected chi connectivity index (χ3v) is 4.05. The van der Waals surface area contributed by atoms with Crippen molar-refractivity contribution < 1.29 is 9.18 Å². The Hall–Kier alpha value is -2.44. The van der Waals surface area contributed by atoms with Gasteiger partial charge in [0.05, 0.1) is 0 Å². The second-order valence-corrected chi connectivity index (χ2v) is 6.08. The molecule has 2 aromatic carbocycles. The van der Waals surface area contributed by atoms with Crippen molar-refractivity contribution in [1.29, 1.82) is 0 Å². The van der Waals surface area contributed by atoms with E-state index < -0.39 is 12.3 Å². The summed E-state index contributed by atoms with van der Waals surface area (Å²) in [5.41, 5.74) is 10.2. The maximum absolute atomic E-state index is 12.9. The molecule has 24 heavy (non-hydrogen) atoms. The minimum atomic E-state index is -0.410. The summed E-state index contributed by atoms with van der Waals surface area (Å²) in [6, 6.07) is 11.9. The number of aryl methyl sites for hydroxylation is 2. The molecule has 6 heteroatoms. The number of halogens is 1. The van der Waals surface area contributed by atoms with Crippen LogP contribution in [0.25, 0.3) is 0 Å². The second kappa shape index (κ2) is 6.98. The molecule has 126 valence electrons. The Morgan fingerprint density at radius 2 is 1.83 bits per heavy atom. The van der Waals surface area contributed by atoms with Gasteiger partial charge in [0.15, 0.2) is 6.29 Å². The van der Waals surface area contributed by atoms with E-state index in [4.69, 9.17) is 0 Å². The van der Waals surface area contributed by atoms with E-state index in [9.17, 15) is 9.18 Å². The summed E-state index contributed by atoms with van der Waals surface area (Å²) >= 11 is 0. The number of benzene rings is 2. The van der Waals surface area contributed by atoms with E-state index in [0.717, 1.165) is 22.4 Å². The van der Waals surface area contributed by atoms with Crippen molar-refractivity contribution >= 4 is 11.6 Å². The highest BCUT2D eigenvalue weighted by atomic mass is 19.1. The molecule has 5 nitrogen and oxygen atoms in total. The number of anilines is 1. The molecule has 0 radical (unpaired) electrons. The molecule has 2 unspecified atom stereocenters. The van der Waals surface area contributed by atoms with E-state index in [-0.39, 0.29) is 11.7 Å². The lowest BCUT2D eigenvalue weighted by Crippen LogP contribution is -2.68. The van der Waals surface area contributed by atoms with E-state index in [0.29, 0.717) is 6.42 Å². The molecule has 2 atom stereocenters. The van der Waals surface area contributed by atoms with Gasteiger partial charge in [-0.3, -0.25) is 4.79 Å². The van der Waals surface area contributed by atoms with Crippen molar-refractivity contribution in [3.05, 3.63) is 65.0 Å². The quantitative estimate of drug-likeness (QED) is 0.693. The molecule has 1 aliphatic rings. The zero-order valence-electron chi connectivity index (χ0n) is 13.7. The summed E-state index contributed by atoms with van der Waals surface area (Å²) in [7, 11) is 0. The third kappa shape index (κ3) is 3.90. The molecule has 1 amide bonds. The predicted octanol–water partition coefficient (Wildman–Crippen LogP) is 1.97. The number of hydrogen-bond acceptors (Lipinski definition) is 4. The van der Waals surface area contributed by atoms with E-state index in [1.165, 1.54) is 12.1 Å². The summed E-state index contributed by atoms with van der Waals surface area (Å²) in [4.78, 5) is 12.3. The Morgan fingerprint density at radius 1 is 1.08 bits per heavy atom. The second-order valence-electron chi connectivity index (χ2n) is 6.08. The van der Waals surface area contributed by atoms with Crippen LogP contribution >= 0.6 is 0 Å². The normalized spacial score (nSPS) is 20.5. The van der Waals surface area contributed by atoms with Gasteiger partial charge in [0.2, 0.25) is 5.91 Å². The van der Waals surface area contributed by atoms with Crippen molar-refractivity contribution in [2.45, 2.75) is 32.6 Å². The Morgan fingerprint density at radius 3 is 2.54 bits per heavy atom. The van der Waals surface area contributed by atoms with Gasteiger partial charge in [0.25, 0.3) is 0 Å². The lowest BCUT2D eigenvalue weighted by atomic mass is 10.1. The molecule has 4 N–H and O–H groups in total. The van der Waals surface area contributed by atoms with Crippen molar-refractivity contribution in [2.24, 2.45) is 0 Å². The van der Waals surface area contributed by atoms with Gasteiger partial charge in [-0.15, -0.1) is 0 Å². The molecule has 0 aromatic heterocycles. The predicted molar refractivity (Wildman–Crippen MR) is 91.6 cm³/mol.